The lowest BCUT2D eigenvalue weighted by molar-refractivity contribution is -0.137. The van der Waals surface area contributed by atoms with Gasteiger partial charge in [-0.15, -0.1) is 0 Å². The van der Waals surface area contributed by atoms with Gasteiger partial charge in [-0.1, -0.05) is 0 Å². The lowest BCUT2D eigenvalue weighted by atomic mass is 9.84. The third kappa shape index (κ3) is 6.95. The van der Waals surface area contributed by atoms with Gasteiger partial charge >= 0.3 is 6.18 Å². The van der Waals surface area contributed by atoms with Crippen molar-refractivity contribution < 1.29 is 18.0 Å². The van der Waals surface area contributed by atoms with Crippen LogP contribution < -0.4 is 10.6 Å². The standard InChI is InChI=1S/C29H46F3N9O/c1-37-13-15-40(16-14-37)22-5-11-39(12-6-22)24-17-21(18-24)35-28-34-19-25(29(30,31)32)27(36-28)33-7-2-8-41-23-3-9-38(10-4-23)20-26(41)42/h19,21-24H,2-18,20H2,1H3,(H2,33,34,35,36). The van der Waals surface area contributed by atoms with Crippen LogP contribution in [0.2, 0.25) is 0 Å². The molecule has 6 aliphatic rings. The van der Waals surface area contributed by atoms with Gasteiger partial charge in [-0.3, -0.25) is 14.6 Å². The summed E-state index contributed by atoms with van der Waals surface area (Å²) >= 11 is 0. The average Bonchev–Trinajstić information content (AvgIpc) is 3.19. The molecule has 6 fully saturated rings. The number of likely N-dealkylation sites (tertiary alicyclic amines) is 1. The summed E-state index contributed by atoms with van der Waals surface area (Å²) in [5.41, 5.74) is -0.861. The molecular formula is C29H46F3N9O. The second kappa shape index (κ2) is 12.8. The monoisotopic (exact) mass is 593 g/mol. The van der Waals surface area contributed by atoms with Crippen LogP contribution in [0.4, 0.5) is 24.9 Å². The average molecular weight is 594 g/mol. The number of hydrogen-bond acceptors (Lipinski definition) is 9. The van der Waals surface area contributed by atoms with E-state index in [0.29, 0.717) is 38.1 Å². The summed E-state index contributed by atoms with van der Waals surface area (Å²) in [6, 6.07) is 1.60. The normalized spacial score (nSPS) is 30.3. The fraction of sp³-hybridized carbons (Fsp3) is 0.828. The quantitative estimate of drug-likeness (QED) is 0.419. The van der Waals surface area contributed by atoms with Crippen LogP contribution in [0.15, 0.2) is 6.20 Å². The van der Waals surface area contributed by atoms with Crippen molar-refractivity contribution in [2.75, 3.05) is 89.7 Å². The van der Waals surface area contributed by atoms with Crippen LogP contribution in [0.5, 0.6) is 0 Å². The Labute approximate surface area is 247 Å². The molecule has 0 atom stereocenters. The van der Waals surface area contributed by atoms with Gasteiger partial charge < -0.3 is 25.3 Å². The molecule has 0 aromatic carbocycles. The lowest BCUT2D eigenvalue weighted by Gasteiger charge is -2.48. The number of likely N-dealkylation sites (N-methyl/N-ethyl adjacent to an activating group) is 1. The molecule has 2 bridgehead atoms. The Balaban J connectivity index is 0.968. The van der Waals surface area contributed by atoms with Gasteiger partial charge in [0.2, 0.25) is 11.9 Å². The number of carbonyl (C=O) groups excluding carboxylic acids is 1. The first-order valence-corrected chi connectivity index (χ1v) is 15.9. The van der Waals surface area contributed by atoms with Crippen molar-refractivity contribution in [1.29, 1.82) is 0 Å². The number of piperidine rings is 2. The van der Waals surface area contributed by atoms with Gasteiger partial charge in [0, 0.05) is 82.7 Å². The number of nitrogens with zero attached hydrogens (tertiary/aromatic N) is 7. The topological polar surface area (TPSA) is 83.1 Å². The van der Waals surface area contributed by atoms with Gasteiger partial charge in [-0.2, -0.15) is 18.2 Å². The van der Waals surface area contributed by atoms with E-state index in [2.05, 4.69) is 47.2 Å². The number of alkyl halides is 3. The van der Waals surface area contributed by atoms with Crippen molar-refractivity contribution >= 4 is 17.7 Å². The summed E-state index contributed by atoms with van der Waals surface area (Å²) < 4.78 is 41.2. The molecule has 7 rings (SSSR count). The molecule has 0 radical (unpaired) electrons. The summed E-state index contributed by atoms with van der Waals surface area (Å²) in [5, 5.41) is 6.18. The van der Waals surface area contributed by atoms with Gasteiger partial charge in [-0.25, -0.2) is 4.98 Å². The Morgan fingerprint density at radius 1 is 0.905 bits per heavy atom. The van der Waals surface area contributed by atoms with E-state index in [1.54, 1.807) is 0 Å². The van der Waals surface area contributed by atoms with Crippen molar-refractivity contribution in [3.05, 3.63) is 11.8 Å². The Bertz CT molecular complexity index is 1060. The lowest BCUT2D eigenvalue weighted by Crippen LogP contribution is -2.56. The van der Waals surface area contributed by atoms with E-state index in [9.17, 15) is 18.0 Å². The summed E-state index contributed by atoms with van der Waals surface area (Å²) in [4.78, 5) is 32.6. The van der Waals surface area contributed by atoms with Crippen molar-refractivity contribution in [3.63, 3.8) is 0 Å². The molecule has 0 spiro atoms. The molecule has 1 saturated carbocycles. The molecule has 1 aromatic rings. The number of halogens is 3. The number of aromatic nitrogens is 2. The Morgan fingerprint density at radius 2 is 1.57 bits per heavy atom. The third-order valence-electron chi connectivity index (χ3n) is 10.2. The van der Waals surface area contributed by atoms with E-state index < -0.39 is 11.7 Å². The molecule has 1 aromatic heterocycles. The highest BCUT2D eigenvalue weighted by Gasteiger charge is 2.39. The van der Waals surface area contributed by atoms with E-state index in [0.717, 1.165) is 84.2 Å². The molecule has 0 unspecified atom stereocenters. The van der Waals surface area contributed by atoms with Crippen LogP contribution in [0, 0.1) is 0 Å². The second-order valence-corrected chi connectivity index (χ2v) is 12.9. The van der Waals surface area contributed by atoms with Gasteiger partial charge in [0.1, 0.15) is 11.4 Å². The molecule has 234 valence electrons. The molecule has 1 aliphatic carbocycles. The van der Waals surface area contributed by atoms with E-state index >= 15 is 0 Å². The number of hydrogen-bond donors (Lipinski definition) is 2. The van der Waals surface area contributed by atoms with Gasteiger partial charge in [0.25, 0.3) is 0 Å². The zero-order valence-electron chi connectivity index (χ0n) is 24.8. The maximum atomic E-state index is 13.7. The molecule has 2 N–H and O–H groups in total. The van der Waals surface area contributed by atoms with E-state index in [4.69, 9.17) is 0 Å². The van der Waals surface area contributed by atoms with Gasteiger partial charge in [0.05, 0.1) is 6.54 Å². The van der Waals surface area contributed by atoms with Crippen molar-refractivity contribution in [3.8, 4) is 0 Å². The zero-order chi connectivity index (χ0) is 29.3. The van der Waals surface area contributed by atoms with Crippen molar-refractivity contribution in [2.24, 2.45) is 0 Å². The molecule has 10 nitrogen and oxygen atoms in total. The van der Waals surface area contributed by atoms with Crippen LogP contribution in [0.25, 0.3) is 0 Å². The van der Waals surface area contributed by atoms with Crippen molar-refractivity contribution in [2.45, 2.75) is 75.3 Å². The smallest absolute Gasteiger partial charge is 0.369 e. The summed E-state index contributed by atoms with van der Waals surface area (Å²) in [7, 11) is 2.19. The van der Waals surface area contributed by atoms with Gasteiger partial charge in [0.15, 0.2) is 0 Å². The number of fused-ring (bicyclic) bond motifs is 4. The highest BCUT2D eigenvalue weighted by atomic mass is 19.4. The molecule has 5 saturated heterocycles. The SMILES string of the molecule is CN1CCN(C2CCN(C3CC(Nc4ncc(C(F)(F)F)c(NCCCN5C(=O)CN6CCC5CC6)n4)C3)CC2)CC1. The van der Waals surface area contributed by atoms with E-state index in [1.807, 2.05) is 4.90 Å². The van der Waals surface area contributed by atoms with Crippen LogP contribution in [0.3, 0.4) is 0 Å². The van der Waals surface area contributed by atoms with Crippen LogP contribution in [-0.2, 0) is 11.0 Å². The number of nitrogens with one attached hydrogen (secondary N) is 2. The third-order valence-corrected chi connectivity index (χ3v) is 10.2. The highest BCUT2D eigenvalue weighted by Crippen LogP contribution is 2.35. The maximum Gasteiger partial charge on any atom is 0.421 e. The minimum absolute atomic E-state index is 0.123. The molecule has 5 aliphatic heterocycles. The van der Waals surface area contributed by atoms with Crippen LogP contribution in [0.1, 0.15) is 50.5 Å². The summed E-state index contributed by atoms with van der Waals surface area (Å²) in [6.45, 7) is 10.0. The first-order chi connectivity index (χ1) is 20.2. The predicted octanol–water partition coefficient (Wildman–Crippen LogP) is 2.26. The number of piperazine rings is 1. The highest BCUT2D eigenvalue weighted by molar-refractivity contribution is 5.79. The molecular weight excluding hydrogens is 547 g/mol. The predicted molar refractivity (Wildman–Crippen MR) is 155 cm³/mol. The van der Waals surface area contributed by atoms with Crippen molar-refractivity contribution in [1.82, 2.24) is 34.5 Å². The van der Waals surface area contributed by atoms with E-state index in [1.165, 1.54) is 12.8 Å². The molecule has 1 amide bonds. The zero-order valence-corrected chi connectivity index (χ0v) is 24.8. The number of anilines is 2. The Hall–Kier alpha value is -2.22. The fourth-order valence-corrected chi connectivity index (χ4v) is 7.42. The van der Waals surface area contributed by atoms with E-state index in [-0.39, 0.29) is 29.8 Å². The summed E-state index contributed by atoms with van der Waals surface area (Å²) in [6.07, 6.45) is 3.14. The second-order valence-electron chi connectivity index (χ2n) is 12.9. The number of carbonyl (C=O) groups is 1. The summed E-state index contributed by atoms with van der Waals surface area (Å²) in [5.74, 6) is 0.158. The molecule has 42 heavy (non-hydrogen) atoms. The number of amides is 1. The van der Waals surface area contributed by atoms with Crippen LogP contribution >= 0.6 is 0 Å². The maximum absolute atomic E-state index is 13.7. The Kier molecular flexibility index (Phi) is 9.09. The number of rotatable bonds is 9. The first-order valence-electron chi connectivity index (χ1n) is 15.9. The first kappa shape index (κ1) is 29.8. The molecule has 13 heteroatoms. The Morgan fingerprint density at radius 3 is 2.26 bits per heavy atom. The van der Waals surface area contributed by atoms with Gasteiger partial charge in [-0.05, 0) is 65.1 Å². The largest absolute Gasteiger partial charge is 0.421 e. The fourth-order valence-electron chi connectivity index (χ4n) is 7.42. The van der Waals surface area contributed by atoms with Crippen LogP contribution in [-0.4, -0.2) is 144 Å². The minimum Gasteiger partial charge on any atom is -0.369 e. The minimum atomic E-state index is -4.55. The molecule has 6 heterocycles.